The molecule has 2 heterocycles. The Bertz CT molecular complexity index is 1260. The van der Waals surface area contributed by atoms with Crippen molar-refractivity contribution in [2.75, 3.05) is 0 Å². The summed E-state index contributed by atoms with van der Waals surface area (Å²) in [6.45, 7) is 27.0. The predicted octanol–water partition coefficient (Wildman–Crippen LogP) is 8.98. The van der Waals surface area contributed by atoms with E-state index in [1.807, 2.05) is 0 Å². The molecule has 0 aromatic carbocycles. The molecule has 0 saturated carbocycles. The van der Waals surface area contributed by atoms with Crippen molar-refractivity contribution in [1.82, 2.24) is 15.0 Å². The van der Waals surface area contributed by atoms with E-state index >= 15 is 0 Å². The van der Waals surface area contributed by atoms with Gasteiger partial charge in [-0.25, -0.2) is 9.97 Å². The van der Waals surface area contributed by atoms with Crippen LogP contribution in [-0.4, -0.2) is 28.4 Å². The summed E-state index contributed by atoms with van der Waals surface area (Å²) < 4.78 is 7.26. The Labute approximate surface area is 244 Å². The van der Waals surface area contributed by atoms with Crippen LogP contribution in [0.1, 0.15) is 153 Å². The summed E-state index contributed by atoms with van der Waals surface area (Å²) in [4.78, 5) is 14.7. The molecule has 2 atom stereocenters. The van der Waals surface area contributed by atoms with Crippen LogP contribution in [0.25, 0.3) is 5.57 Å². The summed E-state index contributed by atoms with van der Waals surface area (Å²) in [5.41, 5.74) is 7.47. The number of aliphatic hydroxyl groups is 1. The van der Waals surface area contributed by atoms with E-state index in [0.29, 0.717) is 0 Å². The zero-order valence-corrected chi connectivity index (χ0v) is 28.2. The van der Waals surface area contributed by atoms with E-state index in [-0.39, 0.29) is 27.9 Å². The third kappa shape index (κ3) is 6.14. The molecule has 1 unspecified atom stereocenters. The van der Waals surface area contributed by atoms with Gasteiger partial charge in [-0.2, -0.15) is 0 Å². The van der Waals surface area contributed by atoms with Gasteiger partial charge in [-0.05, 0) is 72.7 Å². The summed E-state index contributed by atoms with van der Waals surface area (Å²) in [6, 6.07) is 0. The molecule has 0 radical (unpaired) electrons. The summed E-state index contributed by atoms with van der Waals surface area (Å²) in [6.07, 6.45) is 10.2. The van der Waals surface area contributed by atoms with Gasteiger partial charge in [0.2, 0.25) is 0 Å². The third-order valence-electron chi connectivity index (χ3n) is 9.17. The van der Waals surface area contributed by atoms with Gasteiger partial charge in [0.05, 0.1) is 6.10 Å². The second kappa shape index (κ2) is 10.7. The first-order chi connectivity index (χ1) is 18.3. The van der Waals surface area contributed by atoms with Gasteiger partial charge in [0, 0.05) is 45.9 Å². The highest BCUT2D eigenvalue weighted by Gasteiger charge is 2.45. The van der Waals surface area contributed by atoms with E-state index in [2.05, 4.69) is 98.4 Å². The number of allylic oxidation sites excluding steroid dienone is 2. The Morgan fingerprint density at radius 2 is 1.68 bits per heavy atom. The third-order valence-corrected chi connectivity index (χ3v) is 13.7. The fourth-order valence-corrected chi connectivity index (χ4v) is 7.19. The molecule has 220 valence electrons. The molecule has 6 heteroatoms. The van der Waals surface area contributed by atoms with Crippen LogP contribution in [0.5, 0.6) is 0 Å². The minimum absolute atomic E-state index is 0.0460. The smallest absolute Gasteiger partial charge is 0.192 e. The molecule has 2 aromatic rings. The largest absolute Gasteiger partial charge is 0.410 e. The zero-order chi connectivity index (χ0) is 29.8. The number of hydrogen-bond donors (Lipinski definition) is 1. The predicted molar refractivity (Wildman–Crippen MR) is 168 cm³/mol. The van der Waals surface area contributed by atoms with Gasteiger partial charge >= 0.3 is 0 Å². The molecule has 0 fully saturated rings. The van der Waals surface area contributed by atoms with Crippen molar-refractivity contribution in [3.8, 4) is 0 Å². The molecule has 0 spiro atoms. The normalized spacial score (nSPS) is 20.4. The topological polar surface area (TPSA) is 68.1 Å². The molecular weight excluding hydrogens is 510 g/mol. The number of rotatable bonds is 6. The number of pyridine rings is 1. The maximum absolute atomic E-state index is 12.1. The van der Waals surface area contributed by atoms with Gasteiger partial charge < -0.3 is 9.53 Å². The Hall–Kier alpha value is -1.89. The fraction of sp³-hybridized carbons (Fsp3) is 0.676. The molecule has 0 aliphatic heterocycles. The number of fused-ring (bicyclic) bond motifs is 1. The van der Waals surface area contributed by atoms with Crippen LogP contribution >= 0.6 is 0 Å². The first-order valence-corrected chi connectivity index (χ1v) is 18.2. The SMILES string of the molecule is CC(C)c1nc2c(c(C3=CCCC3)c1C(O)c1cnc(C(C)(C)C)nc1)[C@@H](O[Si](C)(C)C(C)(C)C)CC(C)(C)C2. The van der Waals surface area contributed by atoms with Crippen LogP contribution in [0.15, 0.2) is 18.5 Å². The molecule has 2 aliphatic rings. The highest BCUT2D eigenvalue weighted by molar-refractivity contribution is 6.74. The molecule has 0 saturated heterocycles. The van der Waals surface area contributed by atoms with Crippen molar-refractivity contribution in [2.45, 2.75) is 143 Å². The van der Waals surface area contributed by atoms with Crippen molar-refractivity contribution in [2.24, 2.45) is 5.41 Å². The molecule has 2 aromatic heterocycles. The van der Waals surface area contributed by atoms with Crippen molar-refractivity contribution in [3.05, 3.63) is 57.9 Å². The van der Waals surface area contributed by atoms with Gasteiger partial charge in [-0.15, -0.1) is 0 Å². The summed E-state index contributed by atoms with van der Waals surface area (Å²) in [5.74, 6) is 0.940. The number of nitrogens with zero attached hydrogens (tertiary/aromatic N) is 3. The lowest BCUT2D eigenvalue weighted by molar-refractivity contribution is 0.105. The van der Waals surface area contributed by atoms with Gasteiger partial charge in [0.25, 0.3) is 0 Å². The standard InChI is InChI=1S/C34H53N3O2Si/c1-21(2)29-28(30(38)23-19-35-31(36-20-23)32(3,4)5)26(22-15-13-14-16-22)27-24(37-29)17-34(9,10)18-25(27)39-40(11,12)33(6,7)8/h15,19-21,25,30,38H,13-14,16-18H2,1-12H3/t25-,30?/m0/s1. The maximum Gasteiger partial charge on any atom is 0.192 e. The van der Waals surface area contributed by atoms with Crippen LogP contribution in [0.4, 0.5) is 0 Å². The molecule has 0 amide bonds. The Morgan fingerprint density at radius 1 is 1.05 bits per heavy atom. The van der Waals surface area contributed by atoms with E-state index < -0.39 is 14.4 Å². The van der Waals surface area contributed by atoms with Crippen molar-refractivity contribution >= 4 is 13.9 Å². The van der Waals surface area contributed by atoms with Crippen LogP contribution in [0, 0.1) is 5.41 Å². The molecule has 1 N–H and O–H groups in total. The van der Waals surface area contributed by atoms with Gasteiger partial charge in [-0.3, -0.25) is 4.98 Å². The molecule has 2 aliphatic carbocycles. The minimum Gasteiger partial charge on any atom is -0.410 e. The molecule has 40 heavy (non-hydrogen) atoms. The number of aromatic nitrogens is 3. The summed E-state index contributed by atoms with van der Waals surface area (Å²) in [7, 11) is -2.08. The monoisotopic (exact) mass is 563 g/mol. The van der Waals surface area contributed by atoms with E-state index in [1.54, 1.807) is 12.4 Å². The van der Waals surface area contributed by atoms with Crippen LogP contribution in [0.2, 0.25) is 18.1 Å². The second-order valence-corrected chi connectivity index (χ2v) is 20.6. The van der Waals surface area contributed by atoms with Crippen LogP contribution in [0.3, 0.4) is 0 Å². The van der Waals surface area contributed by atoms with Gasteiger partial charge in [-0.1, -0.05) is 75.3 Å². The quantitative estimate of drug-likeness (QED) is 0.355. The zero-order valence-electron chi connectivity index (χ0n) is 27.2. The van der Waals surface area contributed by atoms with Gasteiger partial charge in [0.15, 0.2) is 8.32 Å². The van der Waals surface area contributed by atoms with Crippen LogP contribution < -0.4 is 0 Å². The summed E-state index contributed by atoms with van der Waals surface area (Å²) in [5, 5.41) is 12.2. The fourth-order valence-electron chi connectivity index (χ4n) is 5.92. The number of hydrogen-bond acceptors (Lipinski definition) is 5. The lowest BCUT2D eigenvalue weighted by Crippen LogP contribution is -2.44. The van der Waals surface area contributed by atoms with E-state index in [9.17, 15) is 5.11 Å². The van der Waals surface area contributed by atoms with Crippen LogP contribution in [-0.2, 0) is 16.3 Å². The molecule has 0 bridgehead atoms. The second-order valence-electron chi connectivity index (χ2n) is 15.8. The van der Waals surface area contributed by atoms with Gasteiger partial charge in [0.1, 0.15) is 11.9 Å². The minimum atomic E-state index is -2.08. The average Bonchev–Trinajstić information content (AvgIpc) is 3.35. The first kappa shape index (κ1) is 31.1. The highest BCUT2D eigenvalue weighted by atomic mass is 28.4. The Kier molecular flexibility index (Phi) is 8.34. The lowest BCUT2D eigenvalue weighted by Gasteiger charge is -2.45. The van der Waals surface area contributed by atoms with E-state index in [1.165, 1.54) is 16.7 Å². The van der Waals surface area contributed by atoms with Crippen molar-refractivity contribution in [1.29, 1.82) is 0 Å². The highest BCUT2D eigenvalue weighted by Crippen LogP contribution is 2.52. The Balaban J connectivity index is 1.99. The van der Waals surface area contributed by atoms with Crippen molar-refractivity contribution < 1.29 is 9.53 Å². The average molecular weight is 564 g/mol. The van der Waals surface area contributed by atoms with E-state index in [4.69, 9.17) is 9.41 Å². The Morgan fingerprint density at radius 3 is 2.17 bits per heavy atom. The molecule has 5 nitrogen and oxygen atoms in total. The molecular formula is C34H53N3O2Si. The van der Waals surface area contributed by atoms with E-state index in [0.717, 1.165) is 60.4 Å². The molecule has 4 rings (SSSR count). The summed E-state index contributed by atoms with van der Waals surface area (Å²) >= 11 is 0. The first-order valence-electron chi connectivity index (χ1n) is 15.3. The maximum atomic E-state index is 12.1. The van der Waals surface area contributed by atoms with Crippen molar-refractivity contribution in [3.63, 3.8) is 0 Å². The number of aliphatic hydroxyl groups excluding tert-OH is 1. The lowest BCUT2D eigenvalue weighted by atomic mass is 9.71.